The molecule has 4 rings (SSSR count). The van der Waals surface area contributed by atoms with Crippen LogP contribution >= 0.6 is 0 Å². The first-order valence-electron chi connectivity index (χ1n) is 9.40. The Morgan fingerprint density at radius 1 is 1.07 bits per heavy atom. The zero-order valence-corrected chi connectivity index (χ0v) is 16.0. The van der Waals surface area contributed by atoms with Crippen molar-refractivity contribution in [1.82, 2.24) is 4.90 Å². The Morgan fingerprint density at radius 3 is 2.39 bits per heavy atom. The largest absolute Gasteiger partial charge is 0.497 e. The molecule has 28 heavy (non-hydrogen) atoms. The number of benzene rings is 2. The Hall–Kier alpha value is -3.15. The number of ether oxygens (including phenoxy) is 1. The molecule has 0 aromatic heterocycles. The Bertz CT molecular complexity index is 936. The summed E-state index contributed by atoms with van der Waals surface area (Å²) in [5.74, 6) is 0.638. The van der Waals surface area contributed by atoms with Crippen molar-refractivity contribution in [3.8, 4) is 5.75 Å². The molecule has 0 radical (unpaired) electrons. The monoisotopic (exact) mass is 378 g/mol. The molecular weight excluding hydrogens is 356 g/mol. The van der Waals surface area contributed by atoms with Gasteiger partial charge in [-0.05, 0) is 29.3 Å². The first-order valence-corrected chi connectivity index (χ1v) is 9.40. The lowest BCUT2D eigenvalue weighted by Crippen LogP contribution is -2.30. The number of anilines is 1. The molecule has 2 aliphatic heterocycles. The van der Waals surface area contributed by atoms with Gasteiger partial charge in [0.1, 0.15) is 5.75 Å². The van der Waals surface area contributed by atoms with Gasteiger partial charge in [-0.25, -0.2) is 0 Å². The summed E-state index contributed by atoms with van der Waals surface area (Å²) in [6, 6.07) is 12.9. The molecule has 0 saturated carbocycles. The Balaban J connectivity index is 1.53. The van der Waals surface area contributed by atoms with Crippen LogP contribution in [0, 0.1) is 0 Å². The minimum Gasteiger partial charge on any atom is -0.497 e. The van der Waals surface area contributed by atoms with E-state index in [2.05, 4.69) is 6.92 Å². The van der Waals surface area contributed by atoms with Crippen molar-refractivity contribution in [1.29, 1.82) is 0 Å². The zero-order chi connectivity index (χ0) is 19.8. The van der Waals surface area contributed by atoms with Crippen LogP contribution in [0.4, 0.5) is 5.69 Å². The lowest BCUT2D eigenvalue weighted by Gasteiger charge is -2.19. The van der Waals surface area contributed by atoms with Crippen LogP contribution in [0.1, 0.15) is 47.2 Å². The van der Waals surface area contributed by atoms with Crippen LogP contribution < -0.4 is 9.64 Å². The highest BCUT2D eigenvalue weighted by atomic mass is 16.5. The van der Waals surface area contributed by atoms with Crippen molar-refractivity contribution in [2.24, 2.45) is 0 Å². The zero-order valence-electron chi connectivity index (χ0n) is 16.0. The molecule has 0 N–H and O–H groups in total. The smallest absolute Gasteiger partial charge is 0.258 e. The number of carbonyl (C=O) groups is 3. The van der Waals surface area contributed by atoms with Crippen LogP contribution in [0.5, 0.6) is 5.75 Å². The Morgan fingerprint density at radius 2 is 1.75 bits per heavy atom. The Labute approximate surface area is 163 Å². The van der Waals surface area contributed by atoms with E-state index >= 15 is 0 Å². The van der Waals surface area contributed by atoms with Crippen LogP contribution in [-0.2, 0) is 16.1 Å². The van der Waals surface area contributed by atoms with Crippen molar-refractivity contribution in [3.05, 3.63) is 59.2 Å². The molecule has 2 aromatic carbocycles. The van der Waals surface area contributed by atoms with E-state index in [1.54, 1.807) is 36.3 Å². The van der Waals surface area contributed by atoms with Crippen LogP contribution in [-0.4, -0.2) is 36.3 Å². The SMILES string of the molecule is COc1ccc2c(c1)N(C(=O)c1ccc(CN3C(=O)CCC3=O)cc1)CC2C. The van der Waals surface area contributed by atoms with Gasteiger partial charge in [-0.3, -0.25) is 19.3 Å². The molecule has 1 unspecified atom stereocenters. The van der Waals surface area contributed by atoms with Gasteiger partial charge < -0.3 is 9.64 Å². The van der Waals surface area contributed by atoms with E-state index in [0.29, 0.717) is 12.1 Å². The molecule has 1 fully saturated rings. The molecule has 6 heteroatoms. The highest BCUT2D eigenvalue weighted by Gasteiger charge is 2.31. The third-order valence-corrected chi connectivity index (χ3v) is 5.46. The van der Waals surface area contributed by atoms with Gasteiger partial charge in [0, 0.05) is 36.9 Å². The fourth-order valence-corrected chi connectivity index (χ4v) is 3.85. The number of methoxy groups -OCH3 is 1. The van der Waals surface area contributed by atoms with Gasteiger partial charge in [-0.2, -0.15) is 0 Å². The van der Waals surface area contributed by atoms with Crippen molar-refractivity contribution >= 4 is 23.4 Å². The van der Waals surface area contributed by atoms with E-state index in [9.17, 15) is 14.4 Å². The van der Waals surface area contributed by atoms with E-state index in [1.807, 2.05) is 18.2 Å². The van der Waals surface area contributed by atoms with Crippen molar-refractivity contribution in [2.45, 2.75) is 32.2 Å². The van der Waals surface area contributed by atoms with Crippen LogP contribution in [0.15, 0.2) is 42.5 Å². The fourth-order valence-electron chi connectivity index (χ4n) is 3.85. The standard InChI is InChI=1S/C22H22N2O4/c1-14-12-23(19-11-17(28-2)7-8-18(14)19)22(27)16-5-3-15(4-6-16)13-24-20(25)9-10-21(24)26/h3-8,11,14H,9-10,12-13H2,1-2H3. The first-order chi connectivity index (χ1) is 13.5. The third kappa shape index (κ3) is 3.15. The number of hydrogen-bond donors (Lipinski definition) is 0. The molecule has 0 bridgehead atoms. The van der Waals surface area contributed by atoms with Gasteiger partial charge in [-0.1, -0.05) is 25.1 Å². The lowest BCUT2D eigenvalue weighted by molar-refractivity contribution is -0.139. The van der Waals surface area contributed by atoms with Gasteiger partial charge in [0.2, 0.25) is 11.8 Å². The van der Waals surface area contributed by atoms with E-state index in [1.165, 1.54) is 4.90 Å². The molecule has 1 atom stereocenters. The molecule has 2 heterocycles. The molecule has 0 spiro atoms. The summed E-state index contributed by atoms with van der Waals surface area (Å²) in [4.78, 5) is 39.7. The van der Waals surface area contributed by atoms with Crippen molar-refractivity contribution < 1.29 is 19.1 Å². The molecule has 0 aliphatic carbocycles. The molecule has 6 nitrogen and oxygen atoms in total. The quantitative estimate of drug-likeness (QED) is 0.767. The fraction of sp³-hybridized carbons (Fsp3) is 0.318. The third-order valence-electron chi connectivity index (χ3n) is 5.46. The minimum atomic E-state index is -0.137. The number of rotatable bonds is 4. The van der Waals surface area contributed by atoms with Gasteiger partial charge in [0.25, 0.3) is 5.91 Å². The summed E-state index contributed by atoms with van der Waals surface area (Å²) in [6.45, 7) is 2.98. The number of likely N-dealkylation sites (tertiary alicyclic amines) is 1. The van der Waals surface area contributed by atoms with Crippen LogP contribution in [0.2, 0.25) is 0 Å². The summed E-state index contributed by atoms with van der Waals surface area (Å²) in [7, 11) is 1.61. The van der Waals surface area contributed by atoms with E-state index in [4.69, 9.17) is 4.74 Å². The van der Waals surface area contributed by atoms with E-state index in [0.717, 1.165) is 22.6 Å². The van der Waals surface area contributed by atoms with Gasteiger partial charge >= 0.3 is 0 Å². The minimum absolute atomic E-state index is 0.0706. The summed E-state index contributed by atoms with van der Waals surface area (Å²) in [5, 5.41) is 0. The van der Waals surface area contributed by atoms with Gasteiger partial charge in [-0.15, -0.1) is 0 Å². The number of hydrogen-bond acceptors (Lipinski definition) is 4. The second kappa shape index (κ2) is 7.11. The summed E-state index contributed by atoms with van der Waals surface area (Å²) in [5.41, 5.74) is 3.42. The number of amides is 3. The summed E-state index contributed by atoms with van der Waals surface area (Å²) in [6.07, 6.45) is 0.566. The number of fused-ring (bicyclic) bond motifs is 1. The average molecular weight is 378 g/mol. The molecule has 144 valence electrons. The van der Waals surface area contributed by atoms with E-state index < -0.39 is 0 Å². The normalized spacial score (nSPS) is 18.6. The maximum absolute atomic E-state index is 13.1. The second-order valence-corrected chi connectivity index (χ2v) is 7.31. The topological polar surface area (TPSA) is 66.9 Å². The highest BCUT2D eigenvalue weighted by Crippen LogP contribution is 2.39. The lowest BCUT2D eigenvalue weighted by atomic mass is 10.0. The molecule has 2 aromatic rings. The Kier molecular flexibility index (Phi) is 4.63. The average Bonchev–Trinajstić information content (AvgIpc) is 3.21. The predicted octanol–water partition coefficient (Wildman–Crippen LogP) is 3.11. The van der Waals surface area contributed by atoms with Crippen molar-refractivity contribution in [2.75, 3.05) is 18.6 Å². The number of carbonyl (C=O) groups excluding carboxylic acids is 3. The predicted molar refractivity (Wildman–Crippen MR) is 104 cm³/mol. The molecule has 1 saturated heterocycles. The van der Waals surface area contributed by atoms with Gasteiger partial charge in [0.15, 0.2) is 0 Å². The second-order valence-electron chi connectivity index (χ2n) is 7.31. The molecular formula is C22H22N2O4. The number of nitrogens with zero attached hydrogens (tertiary/aromatic N) is 2. The maximum Gasteiger partial charge on any atom is 0.258 e. The molecule has 3 amide bonds. The maximum atomic E-state index is 13.1. The first kappa shape index (κ1) is 18.2. The highest BCUT2D eigenvalue weighted by molar-refractivity contribution is 6.07. The van der Waals surface area contributed by atoms with Crippen LogP contribution in [0.25, 0.3) is 0 Å². The molecule has 2 aliphatic rings. The summed E-state index contributed by atoms with van der Waals surface area (Å²) >= 11 is 0. The number of imide groups is 1. The summed E-state index contributed by atoms with van der Waals surface area (Å²) < 4.78 is 5.31. The van der Waals surface area contributed by atoms with Crippen molar-refractivity contribution in [3.63, 3.8) is 0 Å². The van der Waals surface area contributed by atoms with E-state index in [-0.39, 0.29) is 43.0 Å². The van der Waals surface area contributed by atoms with Gasteiger partial charge in [0.05, 0.1) is 19.3 Å². The van der Waals surface area contributed by atoms with Crippen LogP contribution in [0.3, 0.4) is 0 Å².